The summed E-state index contributed by atoms with van der Waals surface area (Å²) in [7, 11) is 0. The van der Waals surface area contributed by atoms with Crippen LogP contribution in [0.1, 0.15) is 71.1 Å². The molecule has 0 atom stereocenters. The minimum atomic E-state index is -0.155. The molecule has 3 N–H and O–H groups in total. The highest BCUT2D eigenvalue weighted by Gasteiger charge is 1.99. The van der Waals surface area contributed by atoms with Gasteiger partial charge in [-0.15, -0.1) is 0 Å². The summed E-state index contributed by atoms with van der Waals surface area (Å²) in [6, 6.07) is 0. The lowest BCUT2D eigenvalue weighted by Crippen LogP contribution is -2.88. The lowest BCUT2D eigenvalue weighted by molar-refractivity contribution is -0.636. The molecular formula is C12H26N2O2. The molecule has 4 nitrogen and oxygen atoms in total. The number of rotatable bonds is 11. The third-order valence-electron chi connectivity index (χ3n) is 2.73. The fourth-order valence-corrected chi connectivity index (χ4v) is 1.73. The Morgan fingerprint density at radius 2 is 1.50 bits per heavy atom. The molecule has 0 spiro atoms. The molecule has 96 valence electrons. The summed E-state index contributed by atoms with van der Waals surface area (Å²) >= 11 is 0. The number of amides is 1. The largest absolute Gasteiger partial charge is 0.609 e. The van der Waals surface area contributed by atoms with Crippen LogP contribution in [0.5, 0.6) is 0 Å². The first-order chi connectivity index (χ1) is 7.81. The Kier molecular flexibility index (Phi) is 12.0. The number of carbonyl (C=O) groups is 1. The van der Waals surface area contributed by atoms with E-state index < -0.39 is 0 Å². The van der Waals surface area contributed by atoms with Gasteiger partial charge in [0.05, 0.1) is 0 Å². The van der Waals surface area contributed by atoms with Crippen LogP contribution in [0.4, 0.5) is 0 Å². The van der Waals surface area contributed by atoms with Crippen molar-refractivity contribution >= 4 is 5.91 Å². The maximum atomic E-state index is 10.9. The maximum Gasteiger partial charge on any atom is 0.265 e. The quantitative estimate of drug-likeness (QED) is 0.247. The van der Waals surface area contributed by atoms with E-state index in [0.29, 0.717) is 12.0 Å². The Labute approximate surface area is 98.7 Å². The van der Waals surface area contributed by atoms with Crippen LogP contribution in [0.2, 0.25) is 0 Å². The van der Waals surface area contributed by atoms with Crippen molar-refractivity contribution in [1.82, 2.24) is 5.43 Å². The van der Waals surface area contributed by atoms with Gasteiger partial charge in [0, 0.05) is 6.42 Å². The van der Waals surface area contributed by atoms with Crippen LogP contribution in [-0.4, -0.2) is 5.91 Å². The van der Waals surface area contributed by atoms with E-state index in [-0.39, 0.29) is 5.91 Å². The standard InChI is InChI=1S/C12H26N2O2/c1-2-3-4-5-6-7-8-9-10-11-12(15)13-14-16/h2-11,14H2,1H3,(H,13,15). The Hall–Kier alpha value is -0.610. The Morgan fingerprint density at radius 3 is 2.00 bits per heavy atom. The van der Waals surface area contributed by atoms with Gasteiger partial charge in [0.25, 0.3) is 5.91 Å². The zero-order valence-electron chi connectivity index (χ0n) is 10.5. The Balaban J connectivity index is 3.01. The average Bonchev–Trinajstić information content (AvgIpc) is 2.27. The van der Waals surface area contributed by atoms with Gasteiger partial charge in [-0.25, -0.2) is 5.43 Å². The minimum absolute atomic E-state index is 0.155. The first-order valence-electron chi connectivity index (χ1n) is 6.54. The molecule has 0 radical (unpaired) electrons. The zero-order chi connectivity index (χ0) is 12.1. The van der Waals surface area contributed by atoms with E-state index in [1.165, 1.54) is 44.9 Å². The van der Waals surface area contributed by atoms with Crippen molar-refractivity contribution in [1.29, 1.82) is 0 Å². The van der Waals surface area contributed by atoms with Crippen molar-refractivity contribution in [3.8, 4) is 0 Å². The fraction of sp³-hybridized carbons (Fsp3) is 0.917. The number of quaternary nitrogens is 1. The molecule has 0 aliphatic heterocycles. The molecule has 0 saturated heterocycles. The number of carbonyl (C=O) groups excluding carboxylic acids is 1. The Morgan fingerprint density at radius 1 is 1.00 bits per heavy atom. The van der Waals surface area contributed by atoms with E-state index in [1.807, 2.05) is 0 Å². The molecule has 0 saturated carbocycles. The number of nitrogens with two attached hydrogens (primary N) is 1. The first-order valence-corrected chi connectivity index (χ1v) is 6.54. The molecule has 0 aromatic rings. The molecule has 0 fully saturated rings. The van der Waals surface area contributed by atoms with E-state index in [2.05, 4.69) is 12.3 Å². The van der Waals surface area contributed by atoms with E-state index in [1.54, 1.807) is 0 Å². The first kappa shape index (κ1) is 15.4. The second-order valence-corrected chi connectivity index (χ2v) is 4.26. The molecule has 0 heterocycles. The molecule has 16 heavy (non-hydrogen) atoms. The molecule has 1 amide bonds. The SMILES string of the molecule is CCCCCCCCCCCC(=O)N[NH2+][O-]. The van der Waals surface area contributed by atoms with Crippen LogP contribution in [0.25, 0.3) is 0 Å². The molecule has 0 aromatic heterocycles. The van der Waals surface area contributed by atoms with Crippen molar-refractivity contribution < 1.29 is 10.4 Å². The highest BCUT2D eigenvalue weighted by atomic mass is 16.5. The van der Waals surface area contributed by atoms with Gasteiger partial charge < -0.3 is 5.21 Å². The predicted octanol–water partition coefficient (Wildman–Crippen LogP) is 2.00. The normalized spacial score (nSPS) is 10.4. The lowest BCUT2D eigenvalue weighted by Gasteiger charge is -2.04. The van der Waals surface area contributed by atoms with Gasteiger partial charge in [-0.05, 0) is 6.42 Å². The Bertz CT molecular complexity index is 163. The lowest BCUT2D eigenvalue weighted by atomic mass is 10.1. The molecule has 4 heteroatoms. The summed E-state index contributed by atoms with van der Waals surface area (Å²) in [6.45, 7) is 2.23. The van der Waals surface area contributed by atoms with Gasteiger partial charge >= 0.3 is 0 Å². The van der Waals surface area contributed by atoms with Crippen molar-refractivity contribution in [2.45, 2.75) is 71.1 Å². The summed E-state index contributed by atoms with van der Waals surface area (Å²) in [5, 5.41) is 9.94. The zero-order valence-corrected chi connectivity index (χ0v) is 10.5. The van der Waals surface area contributed by atoms with Crippen molar-refractivity contribution in [3.63, 3.8) is 0 Å². The minimum Gasteiger partial charge on any atom is -0.609 e. The van der Waals surface area contributed by atoms with Crippen molar-refractivity contribution in [3.05, 3.63) is 5.21 Å². The number of nitrogens with one attached hydrogen (secondary N) is 1. The van der Waals surface area contributed by atoms with Gasteiger partial charge in [-0.1, -0.05) is 58.3 Å². The van der Waals surface area contributed by atoms with Gasteiger partial charge in [-0.2, -0.15) is 0 Å². The van der Waals surface area contributed by atoms with Gasteiger partial charge in [0.15, 0.2) is 0 Å². The molecule has 0 rings (SSSR count). The summed E-state index contributed by atoms with van der Waals surface area (Å²) < 4.78 is 0. The summed E-state index contributed by atoms with van der Waals surface area (Å²) in [5.41, 5.74) is 2.61. The van der Waals surface area contributed by atoms with E-state index in [9.17, 15) is 10.0 Å². The van der Waals surface area contributed by atoms with Gasteiger partial charge in [-0.3, -0.25) is 10.4 Å². The number of unbranched alkanes of at least 4 members (excludes halogenated alkanes) is 8. The van der Waals surface area contributed by atoms with Crippen molar-refractivity contribution in [2.75, 3.05) is 0 Å². The second kappa shape index (κ2) is 12.5. The molecular weight excluding hydrogens is 204 g/mol. The molecule has 0 unspecified atom stereocenters. The van der Waals surface area contributed by atoms with E-state index in [0.717, 1.165) is 12.8 Å². The van der Waals surface area contributed by atoms with Crippen LogP contribution >= 0.6 is 0 Å². The van der Waals surface area contributed by atoms with Crippen LogP contribution < -0.4 is 11.0 Å². The highest BCUT2D eigenvalue weighted by molar-refractivity contribution is 5.74. The van der Waals surface area contributed by atoms with Crippen molar-refractivity contribution in [2.24, 2.45) is 0 Å². The smallest absolute Gasteiger partial charge is 0.265 e. The average molecular weight is 230 g/mol. The predicted molar refractivity (Wildman–Crippen MR) is 65.3 cm³/mol. The van der Waals surface area contributed by atoms with E-state index in [4.69, 9.17) is 0 Å². The second-order valence-electron chi connectivity index (χ2n) is 4.26. The maximum absolute atomic E-state index is 10.9. The summed E-state index contributed by atoms with van der Waals surface area (Å²) in [5.74, 6) is -0.155. The van der Waals surface area contributed by atoms with Crippen LogP contribution in [-0.2, 0) is 4.79 Å². The van der Waals surface area contributed by atoms with E-state index >= 15 is 0 Å². The summed E-state index contributed by atoms with van der Waals surface area (Å²) in [4.78, 5) is 10.9. The molecule has 0 aromatic carbocycles. The highest BCUT2D eigenvalue weighted by Crippen LogP contribution is 2.10. The summed E-state index contributed by atoms with van der Waals surface area (Å²) in [6.07, 6.45) is 11.6. The van der Waals surface area contributed by atoms with Gasteiger partial charge in [0.1, 0.15) is 0 Å². The molecule has 0 bridgehead atoms. The monoisotopic (exact) mass is 230 g/mol. The van der Waals surface area contributed by atoms with Crippen LogP contribution in [0, 0.1) is 5.21 Å². The van der Waals surface area contributed by atoms with Gasteiger partial charge in [0.2, 0.25) is 0 Å². The molecule has 0 aliphatic carbocycles. The third kappa shape index (κ3) is 11.5. The number of hydrogen-bond donors (Lipinski definition) is 2. The van der Waals surface area contributed by atoms with Crippen LogP contribution in [0.15, 0.2) is 0 Å². The molecule has 0 aliphatic rings. The third-order valence-corrected chi connectivity index (χ3v) is 2.73. The fourth-order valence-electron chi connectivity index (χ4n) is 1.73. The number of hydrogen-bond acceptors (Lipinski definition) is 2. The topological polar surface area (TPSA) is 68.8 Å². The van der Waals surface area contributed by atoms with Crippen LogP contribution in [0.3, 0.4) is 0 Å².